The van der Waals surface area contributed by atoms with Crippen molar-refractivity contribution in [1.82, 2.24) is 5.32 Å². The van der Waals surface area contributed by atoms with Crippen molar-refractivity contribution in [2.45, 2.75) is 133 Å². The molecule has 13 nitrogen and oxygen atoms in total. The molecule has 10 unspecified atom stereocenters. The van der Waals surface area contributed by atoms with Gasteiger partial charge in [-0.25, -0.2) is 9.59 Å². The predicted octanol–water partition coefficient (Wildman–Crippen LogP) is 5.62. The van der Waals surface area contributed by atoms with Gasteiger partial charge in [0.05, 0.1) is 35.8 Å². The van der Waals surface area contributed by atoms with E-state index in [9.17, 15) is 34.8 Å². The fraction of sp³-hybridized carbons (Fsp3) is 0.510. The summed E-state index contributed by atoms with van der Waals surface area (Å²) in [5.74, 6) is -4.53. The predicted molar refractivity (Wildman–Crippen MR) is 235 cm³/mol. The van der Waals surface area contributed by atoms with E-state index in [1.165, 1.54) is 19.1 Å². The van der Waals surface area contributed by atoms with Gasteiger partial charge in [-0.15, -0.1) is 0 Å². The molecular weight excluding hydrogens is 1280 g/mol. The molecule has 1 aliphatic heterocycles. The Labute approximate surface area is 454 Å². The Morgan fingerprint density at radius 1 is 0.831 bits per heavy atom. The third-order valence-electron chi connectivity index (χ3n) is 15.2. The number of ketones is 1. The molecule has 65 heavy (non-hydrogen) atoms. The number of aliphatic hydroxyl groups is 4. The number of nitrogens with one attached hydrogen (secondary N) is 1. The minimum absolute atomic E-state index is 0. The zero-order chi connectivity index (χ0) is 45.7. The van der Waals surface area contributed by atoms with Gasteiger partial charge < -0.3 is 44.4 Å². The van der Waals surface area contributed by atoms with Gasteiger partial charge in [-0.2, -0.15) is 0 Å². The van der Waals surface area contributed by atoms with Gasteiger partial charge in [0.15, 0.2) is 20.2 Å². The van der Waals surface area contributed by atoms with E-state index in [1.54, 1.807) is 93.6 Å². The van der Waals surface area contributed by atoms with Crippen molar-refractivity contribution < 1.29 is 146 Å². The van der Waals surface area contributed by atoms with E-state index in [0.29, 0.717) is 29.3 Å². The number of carbonyl (C=O) groups excluding carboxylic acids is 4. The van der Waals surface area contributed by atoms with Gasteiger partial charge in [-0.3, -0.25) is 9.59 Å². The van der Waals surface area contributed by atoms with Gasteiger partial charge in [0.25, 0.3) is 5.91 Å². The van der Waals surface area contributed by atoms with Crippen LogP contribution in [0.3, 0.4) is 0 Å². The molecule has 7 rings (SSSR count). The monoisotopic (exact) mass is 1340 g/mol. The molecule has 1 saturated heterocycles. The molecule has 2 bridgehead atoms. The molecule has 3 aromatic carbocycles. The summed E-state index contributed by atoms with van der Waals surface area (Å²) >= 11 is 0. The summed E-state index contributed by atoms with van der Waals surface area (Å²) in [5, 5.41) is 53.3. The maximum atomic E-state index is 15.2. The van der Waals surface area contributed by atoms with Gasteiger partial charge in [0.2, 0.25) is 0 Å². The molecule has 2 saturated carbocycles. The van der Waals surface area contributed by atoms with Crippen molar-refractivity contribution in [3.63, 3.8) is 0 Å². The Bertz CT molecular complexity index is 2220. The molecule has 2 radical (unpaired) electrons. The molecule has 3 fully saturated rings. The molecular formula is C49H61Ac2NO12Si. The normalized spacial score (nSPS) is 31.1. The number of esters is 2. The summed E-state index contributed by atoms with van der Waals surface area (Å²) in [5.41, 5.74) is -6.31. The molecule has 3 aliphatic carbocycles. The summed E-state index contributed by atoms with van der Waals surface area (Å²) in [4.78, 5) is 58.4. The van der Waals surface area contributed by atoms with Crippen LogP contribution in [-0.2, 0) is 28.2 Å². The van der Waals surface area contributed by atoms with E-state index in [1.807, 2.05) is 26.8 Å². The Balaban J connectivity index is 0.00000397. The number of carbonyl (C=O) groups is 4. The molecule has 1 heterocycles. The van der Waals surface area contributed by atoms with E-state index in [4.69, 9.17) is 18.6 Å². The number of Topliss-reactive ketones (excluding diaryl/α,β-unsaturated/α-hetero) is 1. The Morgan fingerprint density at radius 2 is 1.37 bits per heavy atom. The number of amides is 1. The molecule has 16 heteroatoms. The van der Waals surface area contributed by atoms with E-state index in [0.717, 1.165) is 0 Å². The Hall–Kier alpha value is -1.66. The first kappa shape index (κ1) is 54.3. The van der Waals surface area contributed by atoms with Crippen molar-refractivity contribution >= 4 is 31.9 Å². The van der Waals surface area contributed by atoms with Crippen LogP contribution in [-0.4, -0.2) is 107 Å². The SMILES string of the molecule is CC[Si](CC)(CC)O[C@@H](C(=O)OC1CC2(O)C(OC(=O)c3ccccc3)C3C4(O)COC4CC(O)C3(C)C(=O)C(O)C(=C1C)C2(C)C)C(NC(=O)c1ccccc1)c1ccccc1.[Ac].[Ac]. The largest absolute Gasteiger partial charge is 0.456 e. The van der Waals surface area contributed by atoms with Gasteiger partial charge in [0, 0.05) is 118 Å². The number of rotatable bonds is 13. The molecule has 3 aromatic rings. The maximum absolute atomic E-state index is 15.2. The van der Waals surface area contributed by atoms with Crippen molar-refractivity contribution in [3.8, 4) is 0 Å². The summed E-state index contributed by atoms with van der Waals surface area (Å²) in [6.07, 6.45) is -9.45. The number of aliphatic hydroxyl groups excluding tert-OH is 2. The van der Waals surface area contributed by atoms with Gasteiger partial charge in [-0.1, -0.05) is 101 Å². The second-order valence-electron chi connectivity index (χ2n) is 18.5. The maximum Gasteiger partial charge on any atom is 0.338 e. The summed E-state index contributed by atoms with van der Waals surface area (Å²) in [6.45, 7) is 12.0. The minimum atomic E-state index is -2.68. The van der Waals surface area contributed by atoms with Crippen molar-refractivity contribution in [2.75, 3.05) is 6.61 Å². The summed E-state index contributed by atoms with van der Waals surface area (Å²) in [7, 11) is -2.68. The standard InChI is InChI=1S/C49H61NO12Si.2Ac/c1-8-63(9-2,10-3)62-39(37(30-20-14-11-15-21-30)50-43(54)31-22-16-12-17-23-31)45(56)60-33-27-49(58)42(61-44(55)32-24-18-13-19-25-32)40-47(7,34(51)26-35-48(40,57)28-59-35)41(53)38(52)36(29(33)4)46(49,5)6;;/h11-25,33-35,37-40,42,51-52,57-58H,8-10,26-28H2,1-7H3,(H,50,54);;/t33?,34?,35?,37?,38?,39-,40?,42?,47?,48?,49?;;/m1../s1. The van der Waals surface area contributed by atoms with Crippen LogP contribution in [0.15, 0.2) is 102 Å². The van der Waals surface area contributed by atoms with Crippen molar-refractivity contribution in [1.29, 1.82) is 0 Å². The Kier molecular flexibility index (Phi) is 17.7. The first-order valence-electron chi connectivity index (χ1n) is 22.1. The van der Waals surface area contributed by atoms with Crippen LogP contribution in [0, 0.1) is 105 Å². The smallest absolute Gasteiger partial charge is 0.338 e. The zero-order valence-corrected chi connectivity index (χ0v) is 48.7. The topological polar surface area (TPSA) is 198 Å². The van der Waals surface area contributed by atoms with Gasteiger partial charge >= 0.3 is 11.9 Å². The van der Waals surface area contributed by atoms with Crippen LogP contribution in [0.5, 0.6) is 0 Å². The second kappa shape index (κ2) is 21.1. The molecule has 0 aromatic heterocycles. The van der Waals surface area contributed by atoms with E-state index in [-0.39, 0.29) is 118 Å². The minimum Gasteiger partial charge on any atom is -0.456 e. The fourth-order valence-electron chi connectivity index (χ4n) is 10.9. The summed E-state index contributed by atoms with van der Waals surface area (Å²) in [6, 6.07) is 26.5. The number of ether oxygens (including phenoxy) is 3. The van der Waals surface area contributed by atoms with Gasteiger partial charge in [0.1, 0.15) is 29.5 Å². The van der Waals surface area contributed by atoms with Crippen molar-refractivity contribution in [3.05, 3.63) is 119 Å². The van der Waals surface area contributed by atoms with Crippen LogP contribution in [0.2, 0.25) is 18.1 Å². The van der Waals surface area contributed by atoms with E-state index < -0.39 is 109 Å². The number of fused-ring (bicyclic) bond motifs is 5. The molecule has 11 atom stereocenters. The molecule has 5 N–H and O–H groups in total. The van der Waals surface area contributed by atoms with Crippen LogP contribution in [0.4, 0.5) is 0 Å². The number of hydrogen-bond acceptors (Lipinski definition) is 12. The second-order valence-corrected chi connectivity index (χ2v) is 23.3. The fourth-order valence-corrected chi connectivity index (χ4v) is 13.7. The first-order valence-corrected chi connectivity index (χ1v) is 24.6. The van der Waals surface area contributed by atoms with Crippen LogP contribution in [0.1, 0.15) is 93.6 Å². The van der Waals surface area contributed by atoms with Crippen molar-refractivity contribution in [2.24, 2.45) is 16.7 Å². The Morgan fingerprint density at radius 3 is 1.89 bits per heavy atom. The molecule has 4 aliphatic rings. The van der Waals surface area contributed by atoms with Crippen LogP contribution < -0.4 is 5.32 Å². The van der Waals surface area contributed by atoms with E-state index in [2.05, 4.69) is 5.32 Å². The average molecular weight is 1340 g/mol. The number of benzene rings is 3. The quantitative estimate of drug-likeness (QED) is 0.0806. The van der Waals surface area contributed by atoms with Crippen LogP contribution >= 0.6 is 0 Å². The number of hydrogen-bond donors (Lipinski definition) is 5. The summed E-state index contributed by atoms with van der Waals surface area (Å²) < 4.78 is 25.6. The zero-order valence-electron chi connectivity index (χ0n) is 38.2. The average Bonchev–Trinajstić information content (AvgIpc) is 3.28. The molecule has 344 valence electrons. The van der Waals surface area contributed by atoms with E-state index >= 15 is 4.79 Å². The third kappa shape index (κ3) is 9.53. The van der Waals surface area contributed by atoms with Crippen LogP contribution in [0.25, 0.3) is 0 Å². The molecule has 0 spiro atoms. The third-order valence-corrected chi connectivity index (χ3v) is 19.8. The first-order chi connectivity index (χ1) is 29.8. The van der Waals surface area contributed by atoms with Gasteiger partial charge in [-0.05, 0) is 73.0 Å². The molecule has 1 amide bonds.